The molecule has 0 amide bonds. The molecule has 0 saturated heterocycles. The van der Waals surface area contributed by atoms with E-state index in [1.54, 1.807) is 0 Å². The van der Waals surface area contributed by atoms with Crippen LogP contribution in [0.3, 0.4) is 0 Å². The van der Waals surface area contributed by atoms with Crippen LogP contribution in [0.1, 0.15) is 5.56 Å². The third kappa shape index (κ3) is 3.05. The third-order valence-electron chi connectivity index (χ3n) is 2.15. The zero-order valence-electron chi connectivity index (χ0n) is 8.49. The Kier molecular flexibility index (Phi) is 4.15. The second kappa shape index (κ2) is 5.44. The van der Waals surface area contributed by atoms with E-state index in [2.05, 4.69) is 22.6 Å². The molecule has 0 radical (unpaired) electrons. The SMILES string of the molecule is Sc1cc(-c2nc(Cl)cc(Cl)n2)ccc1CCl. The molecule has 0 saturated carbocycles. The number of thiol groups is 1. The number of benzene rings is 1. The number of hydrogen-bond donors (Lipinski definition) is 1. The molecule has 2 aromatic rings. The molecule has 0 bridgehead atoms. The molecule has 17 heavy (non-hydrogen) atoms. The molecule has 0 aliphatic heterocycles. The zero-order chi connectivity index (χ0) is 12.4. The van der Waals surface area contributed by atoms with Crippen molar-refractivity contribution in [2.45, 2.75) is 10.8 Å². The van der Waals surface area contributed by atoms with Crippen LogP contribution in [0.2, 0.25) is 10.3 Å². The molecule has 0 spiro atoms. The fourth-order valence-corrected chi connectivity index (χ4v) is 2.38. The quantitative estimate of drug-likeness (QED) is 0.503. The van der Waals surface area contributed by atoms with Crippen molar-refractivity contribution < 1.29 is 0 Å². The van der Waals surface area contributed by atoms with Crippen LogP contribution in [0.4, 0.5) is 0 Å². The van der Waals surface area contributed by atoms with Crippen molar-refractivity contribution in [3.63, 3.8) is 0 Å². The first-order valence-electron chi connectivity index (χ1n) is 4.68. The molecular formula is C11H7Cl3N2S. The Bertz CT molecular complexity index is 540. The van der Waals surface area contributed by atoms with Crippen LogP contribution in [-0.4, -0.2) is 9.97 Å². The summed E-state index contributed by atoms with van der Waals surface area (Å²) in [6.45, 7) is 0. The summed E-state index contributed by atoms with van der Waals surface area (Å²) in [6.07, 6.45) is 0. The van der Waals surface area contributed by atoms with Crippen molar-refractivity contribution in [1.29, 1.82) is 0 Å². The lowest BCUT2D eigenvalue weighted by atomic mass is 10.1. The first-order chi connectivity index (χ1) is 8.10. The molecule has 0 aliphatic carbocycles. The third-order valence-corrected chi connectivity index (χ3v) is 3.24. The van der Waals surface area contributed by atoms with Gasteiger partial charge in [0.05, 0.1) is 0 Å². The molecule has 6 heteroatoms. The first-order valence-corrected chi connectivity index (χ1v) is 6.42. The molecule has 2 nitrogen and oxygen atoms in total. The summed E-state index contributed by atoms with van der Waals surface area (Å²) in [7, 11) is 0. The maximum absolute atomic E-state index is 5.82. The van der Waals surface area contributed by atoms with E-state index >= 15 is 0 Å². The highest BCUT2D eigenvalue weighted by atomic mass is 35.5. The highest BCUT2D eigenvalue weighted by Crippen LogP contribution is 2.25. The standard InChI is InChI=1S/C11H7Cl3N2S/c12-5-7-2-1-6(3-8(7)17)11-15-9(13)4-10(14)16-11/h1-4,17H,5H2. The molecule has 0 aliphatic rings. The summed E-state index contributed by atoms with van der Waals surface area (Å²) in [5.41, 5.74) is 1.75. The fourth-order valence-electron chi connectivity index (χ4n) is 1.34. The predicted molar refractivity (Wildman–Crippen MR) is 74.3 cm³/mol. The summed E-state index contributed by atoms with van der Waals surface area (Å²) >= 11 is 21.7. The van der Waals surface area contributed by atoms with E-state index in [0.717, 1.165) is 16.0 Å². The Morgan fingerprint density at radius 3 is 2.24 bits per heavy atom. The minimum absolute atomic E-state index is 0.308. The number of hydrogen-bond acceptors (Lipinski definition) is 3. The Hall–Kier alpha value is -0.480. The van der Waals surface area contributed by atoms with Gasteiger partial charge in [0.1, 0.15) is 10.3 Å². The van der Waals surface area contributed by atoms with E-state index in [0.29, 0.717) is 22.0 Å². The van der Waals surface area contributed by atoms with E-state index in [4.69, 9.17) is 34.8 Å². The Labute approximate surface area is 119 Å². The molecule has 0 N–H and O–H groups in total. The number of alkyl halides is 1. The minimum atomic E-state index is 0.308. The lowest BCUT2D eigenvalue weighted by Gasteiger charge is -2.05. The molecule has 2 rings (SSSR count). The van der Waals surface area contributed by atoms with Gasteiger partial charge in [0, 0.05) is 22.4 Å². The van der Waals surface area contributed by atoms with Gasteiger partial charge in [-0.25, -0.2) is 9.97 Å². The highest BCUT2D eigenvalue weighted by molar-refractivity contribution is 7.80. The van der Waals surface area contributed by atoms with Gasteiger partial charge in [-0.1, -0.05) is 35.3 Å². The Balaban J connectivity index is 2.49. The second-order valence-electron chi connectivity index (χ2n) is 3.31. The lowest BCUT2D eigenvalue weighted by Crippen LogP contribution is -1.91. The molecule has 0 atom stereocenters. The smallest absolute Gasteiger partial charge is 0.162 e. The number of aromatic nitrogens is 2. The normalized spacial score (nSPS) is 10.6. The van der Waals surface area contributed by atoms with Gasteiger partial charge in [-0.2, -0.15) is 0 Å². The number of rotatable bonds is 2. The van der Waals surface area contributed by atoms with E-state index in [9.17, 15) is 0 Å². The summed E-state index contributed by atoms with van der Waals surface area (Å²) < 4.78 is 0. The van der Waals surface area contributed by atoms with Crippen molar-refractivity contribution in [3.05, 3.63) is 40.1 Å². The lowest BCUT2D eigenvalue weighted by molar-refractivity contribution is 1.16. The van der Waals surface area contributed by atoms with Gasteiger partial charge in [-0.3, -0.25) is 0 Å². The molecule has 1 aromatic carbocycles. The summed E-state index contributed by atoms with van der Waals surface area (Å²) in [4.78, 5) is 9.00. The van der Waals surface area contributed by atoms with Gasteiger partial charge in [-0.05, 0) is 11.6 Å². The van der Waals surface area contributed by atoms with Gasteiger partial charge < -0.3 is 0 Å². The molecule has 0 unspecified atom stereocenters. The van der Waals surface area contributed by atoms with Gasteiger partial charge in [0.15, 0.2) is 5.82 Å². The van der Waals surface area contributed by atoms with Crippen LogP contribution in [0.25, 0.3) is 11.4 Å². The van der Waals surface area contributed by atoms with Gasteiger partial charge in [0.2, 0.25) is 0 Å². The predicted octanol–water partition coefficient (Wildman–Crippen LogP) is 4.48. The van der Waals surface area contributed by atoms with Crippen LogP contribution >= 0.6 is 47.4 Å². The topological polar surface area (TPSA) is 25.8 Å². The largest absolute Gasteiger partial charge is 0.216 e. The maximum Gasteiger partial charge on any atom is 0.162 e. The molecule has 0 fully saturated rings. The van der Waals surface area contributed by atoms with Crippen molar-refractivity contribution in [2.75, 3.05) is 0 Å². The molecule has 1 heterocycles. The summed E-state index contributed by atoms with van der Waals surface area (Å²) in [5, 5.41) is 0.615. The van der Waals surface area contributed by atoms with E-state index in [-0.39, 0.29) is 0 Å². The summed E-state index contributed by atoms with van der Waals surface area (Å²) in [5.74, 6) is 0.884. The van der Waals surface area contributed by atoms with Crippen LogP contribution in [0.5, 0.6) is 0 Å². The van der Waals surface area contributed by atoms with Gasteiger partial charge in [-0.15, -0.1) is 24.2 Å². The van der Waals surface area contributed by atoms with E-state index < -0.39 is 0 Å². The van der Waals surface area contributed by atoms with E-state index in [1.165, 1.54) is 6.07 Å². The fraction of sp³-hybridized carbons (Fsp3) is 0.0909. The number of nitrogens with zero attached hydrogens (tertiary/aromatic N) is 2. The van der Waals surface area contributed by atoms with Crippen LogP contribution in [0.15, 0.2) is 29.2 Å². The van der Waals surface area contributed by atoms with Crippen molar-refractivity contribution in [1.82, 2.24) is 9.97 Å². The summed E-state index contributed by atoms with van der Waals surface area (Å²) in [6, 6.07) is 7.06. The minimum Gasteiger partial charge on any atom is -0.216 e. The first kappa shape index (κ1) is 13.0. The average Bonchev–Trinajstić information content (AvgIpc) is 2.27. The second-order valence-corrected chi connectivity index (χ2v) is 4.84. The van der Waals surface area contributed by atoms with Crippen molar-refractivity contribution in [2.24, 2.45) is 0 Å². The van der Waals surface area contributed by atoms with Crippen LogP contribution in [0, 0.1) is 0 Å². The van der Waals surface area contributed by atoms with Gasteiger partial charge >= 0.3 is 0 Å². The molecule has 1 aromatic heterocycles. The average molecular weight is 306 g/mol. The van der Waals surface area contributed by atoms with E-state index in [1.807, 2.05) is 18.2 Å². The molecular weight excluding hydrogens is 299 g/mol. The highest BCUT2D eigenvalue weighted by Gasteiger charge is 2.07. The number of halogens is 3. The molecule has 88 valence electrons. The van der Waals surface area contributed by atoms with Gasteiger partial charge in [0.25, 0.3) is 0 Å². The monoisotopic (exact) mass is 304 g/mol. The van der Waals surface area contributed by atoms with Crippen molar-refractivity contribution in [3.8, 4) is 11.4 Å². The Morgan fingerprint density at radius 1 is 1.06 bits per heavy atom. The van der Waals surface area contributed by atoms with Crippen LogP contribution < -0.4 is 0 Å². The Morgan fingerprint density at radius 2 is 1.71 bits per heavy atom. The zero-order valence-corrected chi connectivity index (χ0v) is 11.7. The maximum atomic E-state index is 5.82. The van der Waals surface area contributed by atoms with Crippen LogP contribution in [-0.2, 0) is 5.88 Å². The van der Waals surface area contributed by atoms with Crippen molar-refractivity contribution >= 4 is 47.4 Å².